The first kappa shape index (κ1) is 15.1. The number of halogens is 3. The Kier molecular flexibility index (Phi) is 4.57. The van der Waals surface area contributed by atoms with Crippen LogP contribution in [0.2, 0.25) is 0 Å². The lowest BCUT2D eigenvalue weighted by molar-refractivity contribution is -0.383. The van der Waals surface area contributed by atoms with Gasteiger partial charge in [0.25, 0.3) is 0 Å². The first-order valence-corrected chi connectivity index (χ1v) is 5.53. The molecule has 1 aromatic carbocycles. The van der Waals surface area contributed by atoms with E-state index in [1.54, 1.807) is 0 Å². The second-order valence-electron chi connectivity index (χ2n) is 4.07. The van der Waals surface area contributed by atoms with Crippen molar-refractivity contribution in [2.24, 2.45) is 0 Å². The maximum absolute atomic E-state index is 12.2. The monoisotopic (exact) mass is 277 g/mol. The van der Waals surface area contributed by atoms with Crippen LogP contribution in [0, 0.1) is 10.1 Å². The summed E-state index contributed by atoms with van der Waals surface area (Å²) in [6, 6.07) is 3.44. The van der Waals surface area contributed by atoms with Crippen molar-refractivity contribution in [2.45, 2.75) is 25.6 Å². The van der Waals surface area contributed by atoms with Crippen LogP contribution in [0.3, 0.4) is 0 Å². The van der Waals surface area contributed by atoms with Crippen LogP contribution in [0.4, 0.5) is 30.2 Å². The summed E-state index contributed by atoms with van der Waals surface area (Å²) >= 11 is 0. The van der Waals surface area contributed by atoms with Crippen LogP contribution in [-0.4, -0.2) is 24.2 Å². The Hall–Kier alpha value is -1.99. The van der Waals surface area contributed by atoms with Crippen LogP contribution < -0.4 is 10.6 Å². The van der Waals surface area contributed by atoms with Gasteiger partial charge in [0.15, 0.2) is 0 Å². The van der Waals surface area contributed by atoms with Gasteiger partial charge < -0.3 is 10.6 Å². The van der Waals surface area contributed by atoms with Crippen molar-refractivity contribution in [3.8, 4) is 0 Å². The number of anilines is 2. The molecule has 0 bridgehead atoms. The molecule has 1 aromatic rings. The SMILES string of the molecule is CNc1cccc(NC(C)CC(F)(F)F)c1[N+](=O)[O-]. The summed E-state index contributed by atoms with van der Waals surface area (Å²) in [6.07, 6.45) is -5.38. The van der Waals surface area contributed by atoms with Crippen molar-refractivity contribution in [1.29, 1.82) is 0 Å². The molecule has 0 amide bonds. The molecule has 19 heavy (non-hydrogen) atoms. The number of nitrogens with one attached hydrogen (secondary N) is 2. The highest BCUT2D eigenvalue weighted by Crippen LogP contribution is 2.33. The van der Waals surface area contributed by atoms with E-state index in [1.165, 1.54) is 32.2 Å². The van der Waals surface area contributed by atoms with Gasteiger partial charge in [-0.25, -0.2) is 0 Å². The van der Waals surface area contributed by atoms with Gasteiger partial charge in [0.05, 0.1) is 11.3 Å². The Balaban J connectivity index is 2.98. The number of alkyl halides is 3. The molecule has 5 nitrogen and oxygen atoms in total. The number of rotatable bonds is 5. The highest BCUT2D eigenvalue weighted by Gasteiger charge is 2.31. The van der Waals surface area contributed by atoms with Crippen molar-refractivity contribution in [3.05, 3.63) is 28.3 Å². The summed E-state index contributed by atoms with van der Waals surface area (Å²) in [5.74, 6) is 0. The van der Waals surface area contributed by atoms with Crippen molar-refractivity contribution in [3.63, 3.8) is 0 Å². The Morgan fingerprint density at radius 2 is 1.95 bits per heavy atom. The zero-order valence-corrected chi connectivity index (χ0v) is 10.4. The topological polar surface area (TPSA) is 67.2 Å². The first-order valence-electron chi connectivity index (χ1n) is 5.53. The van der Waals surface area contributed by atoms with Gasteiger partial charge >= 0.3 is 11.9 Å². The lowest BCUT2D eigenvalue weighted by Gasteiger charge is -2.17. The molecule has 8 heteroatoms. The maximum Gasteiger partial charge on any atom is 0.391 e. The second-order valence-corrected chi connectivity index (χ2v) is 4.07. The number of hydrogen-bond acceptors (Lipinski definition) is 4. The summed E-state index contributed by atoms with van der Waals surface area (Å²) in [6.45, 7) is 1.32. The van der Waals surface area contributed by atoms with Crippen molar-refractivity contribution in [2.75, 3.05) is 17.7 Å². The predicted molar refractivity (Wildman–Crippen MR) is 66.4 cm³/mol. The molecule has 0 radical (unpaired) electrons. The average molecular weight is 277 g/mol. The Bertz CT molecular complexity index is 463. The fourth-order valence-corrected chi connectivity index (χ4v) is 1.72. The molecule has 1 atom stereocenters. The Labute approximate surface area is 108 Å². The van der Waals surface area contributed by atoms with Gasteiger partial charge in [-0.05, 0) is 19.1 Å². The van der Waals surface area contributed by atoms with E-state index in [1.807, 2.05) is 0 Å². The molecule has 0 heterocycles. The maximum atomic E-state index is 12.2. The normalized spacial score (nSPS) is 12.9. The number of hydrogen-bond donors (Lipinski definition) is 2. The number of para-hydroxylation sites is 1. The van der Waals surface area contributed by atoms with Gasteiger partial charge in [-0.15, -0.1) is 0 Å². The average Bonchev–Trinajstić information content (AvgIpc) is 2.25. The highest BCUT2D eigenvalue weighted by molar-refractivity contribution is 5.76. The minimum atomic E-state index is -4.32. The lowest BCUT2D eigenvalue weighted by Crippen LogP contribution is -2.24. The summed E-state index contributed by atoms with van der Waals surface area (Å²) in [5, 5.41) is 16.1. The standard InChI is InChI=1S/C11H14F3N3O2/c1-7(6-11(12,13)14)16-9-5-3-4-8(15-2)10(9)17(18)19/h3-5,7,15-16H,6H2,1-2H3. The van der Waals surface area contributed by atoms with Crippen molar-refractivity contribution >= 4 is 17.1 Å². The molecular formula is C11H14F3N3O2. The molecule has 1 rings (SSSR count). The quantitative estimate of drug-likeness (QED) is 0.639. The number of nitro groups is 1. The van der Waals surface area contributed by atoms with Gasteiger partial charge in [-0.1, -0.05) is 6.07 Å². The van der Waals surface area contributed by atoms with Gasteiger partial charge in [-0.3, -0.25) is 10.1 Å². The van der Waals surface area contributed by atoms with Gasteiger partial charge in [0.1, 0.15) is 11.4 Å². The Morgan fingerprint density at radius 3 is 2.42 bits per heavy atom. The molecule has 106 valence electrons. The summed E-state index contributed by atoms with van der Waals surface area (Å²) in [4.78, 5) is 10.3. The number of nitrogens with zero attached hydrogens (tertiary/aromatic N) is 1. The number of nitro benzene ring substituents is 1. The molecule has 0 aliphatic rings. The fraction of sp³-hybridized carbons (Fsp3) is 0.455. The molecular weight excluding hydrogens is 263 g/mol. The van der Waals surface area contributed by atoms with E-state index in [2.05, 4.69) is 10.6 Å². The zero-order valence-electron chi connectivity index (χ0n) is 10.4. The van der Waals surface area contributed by atoms with E-state index in [0.717, 1.165) is 0 Å². The molecule has 0 spiro atoms. The fourth-order valence-electron chi connectivity index (χ4n) is 1.72. The smallest absolute Gasteiger partial charge is 0.382 e. The van der Waals surface area contributed by atoms with Crippen LogP contribution in [-0.2, 0) is 0 Å². The van der Waals surface area contributed by atoms with Crippen molar-refractivity contribution < 1.29 is 18.1 Å². The molecule has 0 saturated carbocycles. The van der Waals surface area contributed by atoms with Crippen LogP contribution >= 0.6 is 0 Å². The molecule has 0 saturated heterocycles. The second kappa shape index (κ2) is 5.77. The van der Waals surface area contributed by atoms with E-state index < -0.39 is 23.6 Å². The number of benzene rings is 1. The van der Waals surface area contributed by atoms with E-state index in [4.69, 9.17) is 0 Å². The summed E-state index contributed by atoms with van der Waals surface area (Å²) < 4.78 is 36.7. The third-order valence-corrected chi connectivity index (χ3v) is 2.43. The zero-order chi connectivity index (χ0) is 14.6. The summed E-state index contributed by atoms with van der Waals surface area (Å²) in [5.41, 5.74) is 0.0434. The third-order valence-electron chi connectivity index (χ3n) is 2.43. The molecule has 1 unspecified atom stereocenters. The first-order chi connectivity index (χ1) is 8.74. The van der Waals surface area contributed by atoms with Gasteiger partial charge in [0, 0.05) is 13.1 Å². The minimum Gasteiger partial charge on any atom is -0.382 e. The van der Waals surface area contributed by atoms with E-state index in [-0.39, 0.29) is 17.1 Å². The van der Waals surface area contributed by atoms with E-state index in [9.17, 15) is 23.3 Å². The minimum absolute atomic E-state index is 0.0635. The summed E-state index contributed by atoms with van der Waals surface area (Å²) in [7, 11) is 1.51. The van der Waals surface area contributed by atoms with Crippen LogP contribution in [0.15, 0.2) is 18.2 Å². The largest absolute Gasteiger partial charge is 0.391 e. The highest BCUT2D eigenvalue weighted by atomic mass is 19.4. The molecule has 0 aliphatic heterocycles. The molecule has 0 fully saturated rings. The van der Waals surface area contributed by atoms with Crippen LogP contribution in [0.5, 0.6) is 0 Å². The van der Waals surface area contributed by atoms with Crippen LogP contribution in [0.1, 0.15) is 13.3 Å². The lowest BCUT2D eigenvalue weighted by atomic mass is 10.2. The van der Waals surface area contributed by atoms with Crippen LogP contribution in [0.25, 0.3) is 0 Å². The predicted octanol–water partition coefficient (Wildman–Crippen LogP) is 3.39. The van der Waals surface area contributed by atoms with Gasteiger partial charge in [-0.2, -0.15) is 13.2 Å². The van der Waals surface area contributed by atoms with Gasteiger partial charge in [0.2, 0.25) is 0 Å². The van der Waals surface area contributed by atoms with E-state index >= 15 is 0 Å². The Morgan fingerprint density at radius 1 is 1.37 bits per heavy atom. The molecule has 2 N–H and O–H groups in total. The third kappa shape index (κ3) is 4.31. The van der Waals surface area contributed by atoms with Crippen molar-refractivity contribution in [1.82, 2.24) is 0 Å². The van der Waals surface area contributed by atoms with E-state index in [0.29, 0.717) is 0 Å². The molecule has 0 aromatic heterocycles. The molecule has 0 aliphatic carbocycles.